The average molecular weight is 297 g/mol. The number of likely N-dealkylation sites (tertiary alicyclic amines) is 1. The Labute approximate surface area is 131 Å². The molecule has 2 fully saturated rings. The largest absolute Gasteiger partial charge is 0.391 e. The van der Waals surface area contributed by atoms with E-state index in [1.54, 1.807) is 0 Å². The summed E-state index contributed by atoms with van der Waals surface area (Å²) in [4.78, 5) is 2.52. The van der Waals surface area contributed by atoms with Crippen LogP contribution in [0.1, 0.15) is 77.0 Å². The van der Waals surface area contributed by atoms with E-state index in [1.807, 2.05) is 7.11 Å². The van der Waals surface area contributed by atoms with Crippen molar-refractivity contribution >= 4 is 0 Å². The normalized spacial score (nSPS) is 34.9. The molecule has 1 aliphatic carbocycles. The molecule has 1 saturated heterocycles. The Kier molecular flexibility index (Phi) is 8.05. The Morgan fingerprint density at radius 2 is 1.43 bits per heavy atom. The van der Waals surface area contributed by atoms with Crippen molar-refractivity contribution < 1.29 is 9.84 Å². The zero-order chi connectivity index (χ0) is 14.9. The van der Waals surface area contributed by atoms with E-state index < -0.39 is 0 Å². The summed E-state index contributed by atoms with van der Waals surface area (Å²) in [7, 11) is 1.82. The van der Waals surface area contributed by atoms with Gasteiger partial charge in [-0.15, -0.1) is 0 Å². The van der Waals surface area contributed by atoms with E-state index in [-0.39, 0.29) is 6.10 Å². The standard InChI is InChI=1S/C18H35NO2/c1-21-16-11-10-14-19(15-16)17-12-8-6-4-2-3-5-7-9-13-18(17)20/h16-18,20H,2-15H2,1H3. The Hall–Kier alpha value is -0.120. The lowest BCUT2D eigenvalue weighted by molar-refractivity contribution is -0.0252. The Morgan fingerprint density at radius 3 is 2.10 bits per heavy atom. The average Bonchev–Trinajstić information content (AvgIpc) is 2.51. The van der Waals surface area contributed by atoms with E-state index in [4.69, 9.17) is 4.74 Å². The van der Waals surface area contributed by atoms with Crippen LogP contribution in [0.5, 0.6) is 0 Å². The Morgan fingerprint density at radius 1 is 0.810 bits per heavy atom. The van der Waals surface area contributed by atoms with Gasteiger partial charge < -0.3 is 9.84 Å². The zero-order valence-corrected chi connectivity index (χ0v) is 13.9. The molecule has 0 amide bonds. The Balaban J connectivity index is 1.90. The molecule has 0 spiro atoms. The number of hydrogen-bond acceptors (Lipinski definition) is 3. The fraction of sp³-hybridized carbons (Fsp3) is 1.00. The molecule has 124 valence electrons. The van der Waals surface area contributed by atoms with Crippen molar-refractivity contribution in [1.82, 2.24) is 4.90 Å². The predicted molar refractivity (Wildman–Crippen MR) is 87.6 cm³/mol. The minimum Gasteiger partial charge on any atom is -0.391 e. The van der Waals surface area contributed by atoms with Crippen molar-refractivity contribution in [2.45, 2.75) is 95.3 Å². The monoisotopic (exact) mass is 297 g/mol. The first-order chi connectivity index (χ1) is 10.3. The fourth-order valence-corrected chi connectivity index (χ4v) is 4.04. The lowest BCUT2D eigenvalue weighted by atomic mass is 9.93. The maximum Gasteiger partial charge on any atom is 0.0698 e. The topological polar surface area (TPSA) is 32.7 Å². The molecule has 0 aromatic rings. The van der Waals surface area contributed by atoms with Gasteiger partial charge in [0.2, 0.25) is 0 Å². The van der Waals surface area contributed by atoms with Gasteiger partial charge in [0.1, 0.15) is 0 Å². The van der Waals surface area contributed by atoms with Gasteiger partial charge in [0.15, 0.2) is 0 Å². The molecule has 3 nitrogen and oxygen atoms in total. The number of aliphatic hydroxyl groups excluding tert-OH is 1. The van der Waals surface area contributed by atoms with Crippen LogP contribution in [0.3, 0.4) is 0 Å². The third-order valence-corrected chi connectivity index (χ3v) is 5.41. The number of aliphatic hydroxyl groups is 1. The third-order valence-electron chi connectivity index (χ3n) is 5.41. The van der Waals surface area contributed by atoms with Crippen LogP contribution < -0.4 is 0 Å². The molecule has 0 aromatic heterocycles. The second kappa shape index (κ2) is 9.81. The van der Waals surface area contributed by atoms with Crippen LogP contribution in [-0.2, 0) is 4.74 Å². The molecule has 2 aliphatic rings. The maximum atomic E-state index is 10.7. The predicted octanol–water partition coefficient (Wildman–Crippen LogP) is 3.74. The van der Waals surface area contributed by atoms with Crippen LogP contribution in [-0.4, -0.2) is 48.5 Å². The van der Waals surface area contributed by atoms with Crippen molar-refractivity contribution in [2.24, 2.45) is 0 Å². The van der Waals surface area contributed by atoms with Gasteiger partial charge in [-0.05, 0) is 32.2 Å². The summed E-state index contributed by atoms with van der Waals surface area (Å²) < 4.78 is 5.56. The van der Waals surface area contributed by atoms with E-state index in [1.165, 1.54) is 64.2 Å². The highest BCUT2D eigenvalue weighted by molar-refractivity contribution is 4.84. The van der Waals surface area contributed by atoms with Crippen LogP contribution in [0.25, 0.3) is 0 Å². The highest BCUT2D eigenvalue weighted by Crippen LogP contribution is 2.24. The summed E-state index contributed by atoms with van der Waals surface area (Å²) in [6, 6.07) is 0.363. The van der Waals surface area contributed by atoms with Crippen LogP contribution >= 0.6 is 0 Å². The van der Waals surface area contributed by atoms with Gasteiger partial charge in [-0.3, -0.25) is 4.90 Å². The van der Waals surface area contributed by atoms with E-state index in [2.05, 4.69) is 4.90 Å². The molecule has 21 heavy (non-hydrogen) atoms. The molecule has 1 aliphatic heterocycles. The fourth-order valence-electron chi connectivity index (χ4n) is 4.04. The number of hydrogen-bond donors (Lipinski definition) is 1. The number of rotatable bonds is 2. The van der Waals surface area contributed by atoms with Crippen LogP contribution in [0.15, 0.2) is 0 Å². The van der Waals surface area contributed by atoms with Crippen LogP contribution in [0, 0.1) is 0 Å². The van der Waals surface area contributed by atoms with Gasteiger partial charge in [-0.25, -0.2) is 0 Å². The van der Waals surface area contributed by atoms with Gasteiger partial charge in [0.25, 0.3) is 0 Å². The molecule has 0 aromatic carbocycles. The summed E-state index contributed by atoms with van der Waals surface area (Å²) in [5, 5.41) is 10.7. The number of nitrogens with zero attached hydrogens (tertiary/aromatic N) is 1. The van der Waals surface area contributed by atoms with Gasteiger partial charge in [-0.2, -0.15) is 0 Å². The molecule has 1 saturated carbocycles. The van der Waals surface area contributed by atoms with Gasteiger partial charge in [0.05, 0.1) is 12.2 Å². The van der Waals surface area contributed by atoms with Gasteiger partial charge in [0, 0.05) is 19.7 Å². The maximum absolute atomic E-state index is 10.7. The molecule has 0 bridgehead atoms. The van der Waals surface area contributed by atoms with E-state index in [9.17, 15) is 5.11 Å². The first-order valence-electron chi connectivity index (χ1n) is 9.26. The number of ether oxygens (including phenoxy) is 1. The van der Waals surface area contributed by atoms with Crippen molar-refractivity contribution in [1.29, 1.82) is 0 Å². The van der Waals surface area contributed by atoms with Crippen molar-refractivity contribution in [2.75, 3.05) is 20.2 Å². The van der Waals surface area contributed by atoms with E-state index in [0.29, 0.717) is 12.1 Å². The van der Waals surface area contributed by atoms with Crippen LogP contribution in [0.2, 0.25) is 0 Å². The highest BCUT2D eigenvalue weighted by atomic mass is 16.5. The molecular formula is C18H35NO2. The molecule has 2 rings (SSSR count). The molecule has 3 heteroatoms. The second-order valence-electron chi connectivity index (χ2n) is 7.04. The minimum absolute atomic E-state index is 0.139. The summed E-state index contributed by atoms with van der Waals surface area (Å²) in [5.41, 5.74) is 0. The summed E-state index contributed by atoms with van der Waals surface area (Å²) in [5.74, 6) is 0. The first kappa shape index (κ1) is 17.2. The molecule has 1 heterocycles. The second-order valence-corrected chi connectivity index (χ2v) is 7.04. The summed E-state index contributed by atoms with van der Waals surface area (Å²) >= 11 is 0. The highest BCUT2D eigenvalue weighted by Gasteiger charge is 2.29. The summed E-state index contributed by atoms with van der Waals surface area (Å²) in [6.45, 7) is 2.15. The molecule has 1 N–H and O–H groups in total. The SMILES string of the molecule is COC1CCCN(C2CCCCCCCCCCC2O)C1. The lowest BCUT2D eigenvalue weighted by Gasteiger charge is -2.40. The molecule has 3 atom stereocenters. The van der Waals surface area contributed by atoms with Crippen molar-refractivity contribution in [3.63, 3.8) is 0 Å². The van der Waals surface area contributed by atoms with Gasteiger partial charge in [-0.1, -0.05) is 51.4 Å². The molecular weight excluding hydrogens is 262 g/mol. The summed E-state index contributed by atoms with van der Waals surface area (Å²) in [6.07, 6.45) is 15.4. The minimum atomic E-state index is -0.139. The smallest absolute Gasteiger partial charge is 0.0698 e. The third kappa shape index (κ3) is 5.88. The van der Waals surface area contributed by atoms with Crippen molar-refractivity contribution in [3.05, 3.63) is 0 Å². The van der Waals surface area contributed by atoms with Crippen molar-refractivity contribution in [3.8, 4) is 0 Å². The Bertz CT molecular complexity index is 272. The number of methoxy groups -OCH3 is 1. The molecule has 0 radical (unpaired) electrons. The van der Waals surface area contributed by atoms with Crippen LogP contribution in [0.4, 0.5) is 0 Å². The quantitative estimate of drug-likeness (QED) is 0.843. The van der Waals surface area contributed by atoms with E-state index >= 15 is 0 Å². The van der Waals surface area contributed by atoms with Gasteiger partial charge >= 0.3 is 0 Å². The first-order valence-corrected chi connectivity index (χ1v) is 9.26. The zero-order valence-electron chi connectivity index (χ0n) is 13.9. The molecule has 3 unspecified atom stereocenters. The lowest BCUT2D eigenvalue weighted by Crippen LogP contribution is -2.50. The van der Waals surface area contributed by atoms with E-state index in [0.717, 1.165) is 25.9 Å². The number of piperidine rings is 1.